The van der Waals surface area contributed by atoms with E-state index in [0.29, 0.717) is 23.8 Å². The lowest BCUT2D eigenvalue weighted by Crippen LogP contribution is -2.28. The highest BCUT2D eigenvalue weighted by Gasteiger charge is 2.15. The van der Waals surface area contributed by atoms with E-state index in [2.05, 4.69) is 15.5 Å². The molecule has 0 radical (unpaired) electrons. The molecule has 0 aliphatic rings. The van der Waals surface area contributed by atoms with Gasteiger partial charge in [0.15, 0.2) is 0 Å². The molecule has 2 aromatic rings. The number of rotatable bonds is 6. The summed E-state index contributed by atoms with van der Waals surface area (Å²) in [4.78, 5) is 12.1. The number of hydrogen-bond donors (Lipinski definition) is 1. The number of halogens is 1. The summed E-state index contributed by atoms with van der Waals surface area (Å²) in [5, 5.41) is 11.5. The van der Waals surface area contributed by atoms with Gasteiger partial charge < -0.3 is 5.32 Å². The van der Waals surface area contributed by atoms with E-state index < -0.39 is 0 Å². The SMILES string of the molecule is CCn1ncc(Cl)c1C(=O)NCCCn1nccc1C. The summed E-state index contributed by atoms with van der Waals surface area (Å²) in [6, 6.07) is 1.96. The van der Waals surface area contributed by atoms with Crippen LogP contribution in [0.2, 0.25) is 5.02 Å². The van der Waals surface area contributed by atoms with Gasteiger partial charge in [-0.1, -0.05) is 11.6 Å². The zero-order valence-corrected chi connectivity index (χ0v) is 12.4. The van der Waals surface area contributed by atoms with Crippen LogP contribution in [0.5, 0.6) is 0 Å². The first-order valence-corrected chi connectivity index (χ1v) is 6.99. The van der Waals surface area contributed by atoms with Gasteiger partial charge in [-0.25, -0.2) is 0 Å². The number of nitrogens with zero attached hydrogens (tertiary/aromatic N) is 4. The van der Waals surface area contributed by atoms with Crippen LogP contribution in [0.4, 0.5) is 0 Å². The van der Waals surface area contributed by atoms with Crippen molar-refractivity contribution in [3.8, 4) is 0 Å². The van der Waals surface area contributed by atoms with E-state index in [1.165, 1.54) is 6.20 Å². The van der Waals surface area contributed by atoms with Crippen LogP contribution in [0.25, 0.3) is 0 Å². The fourth-order valence-corrected chi connectivity index (χ4v) is 2.20. The number of carbonyl (C=O) groups excluding carboxylic acids is 1. The zero-order valence-electron chi connectivity index (χ0n) is 11.6. The second-order valence-corrected chi connectivity index (χ2v) is 4.87. The molecule has 1 N–H and O–H groups in total. The third-order valence-electron chi connectivity index (χ3n) is 3.07. The van der Waals surface area contributed by atoms with Gasteiger partial charge in [0.1, 0.15) is 5.69 Å². The Hall–Kier alpha value is -1.82. The van der Waals surface area contributed by atoms with Crippen LogP contribution in [-0.4, -0.2) is 32.0 Å². The fraction of sp³-hybridized carbons (Fsp3) is 0.462. The molecule has 7 heteroatoms. The van der Waals surface area contributed by atoms with Crippen molar-refractivity contribution in [2.75, 3.05) is 6.54 Å². The van der Waals surface area contributed by atoms with Crippen molar-refractivity contribution < 1.29 is 4.79 Å². The van der Waals surface area contributed by atoms with Crippen LogP contribution in [0.3, 0.4) is 0 Å². The van der Waals surface area contributed by atoms with E-state index in [0.717, 1.165) is 18.7 Å². The van der Waals surface area contributed by atoms with Gasteiger partial charge >= 0.3 is 0 Å². The smallest absolute Gasteiger partial charge is 0.271 e. The summed E-state index contributed by atoms with van der Waals surface area (Å²) in [6.45, 7) is 5.89. The molecule has 6 nitrogen and oxygen atoms in total. The fourth-order valence-electron chi connectivity index (χ4n) is 1.98. The normalized spacial score (nSPS) is 10.8. The molecule has 0 aliphatic heterocycles. The number of aryl methyl sites for hydroxylation is 3. The number of carbonyl (C=O) groups is 1. The lowest BCUT2D eigenvalue weighted by Gasteiger charge is -2.08. The van der Waals surface area contributed by atoms with Crippen LogP contribution >= 0.6 is 11.6 Å². The molecule has 0 saturated heterocycles. The third-order valence-corrected chi connectivity index (χ3v) is 3.35. The summed E-state index contributed by atoms with van der Waals surface area (Å²) in [6.07, 6.45) is 4.08. The van der Waals surface area contributed by atoms with E-state index in [1.54, 1.807) is 10.9 Å². The van der Waals surface area contributed by atoms with Crippen LogP contribution in [-0.2, 0) is 13.1 Å². The van der Waals surface area contributed by atoms with Crippen LogP contribution in [0.15, 0.2) is 18.5 Å². The quantitative estimate of drug-likeness (QED) is 0.828. The summed E-state index contributed by atoms with van der Waals surface area (Å²) >= 11 is 5.98. The molecule has 0 spiro atoms. The third kappa shape index (κ3) is 3.19. The molecule has 108 valence electrons. The predicted molar refractivity (Wildman–Crippen MR) is 76.8 cm³/mol. The van der Waals surface area contributed by atoms with Crippen molar-refractivity contribution in [2.45, 2.75) is 33.4 Å². The molecule has 0 bridgehead atoms. The molecule has 0 aliphatic carbocycles. The minimum Gasteiger partial charge on any atom is -0.351 e. The minimum atomic E-state index is -0.188. The van der Waals surface area contributed by atoms with Gasteiger partial charge in [-0.05, 0) is 26.3 Å². The van der Waals surface area contributed by atoms with Crippen molar-refractivity contribution in [1.82, 2.24) is 24.9 Å². The summed E-state index contributed by atoms with van der Waals surface area (Å²) < 4.78 is 3.50. The van der Waals surface area contributed by atoms with Crippen molar-refractivity contribution in [1.29, 1.82) is 0 Å². The Morgan fingerprint density at radius 2 is 2.20 bits per heavy atom. The summed E-state index contributed by atoms with van der Waals surface area (Å²) in [5.41, 5.74) is 1.54. The first-order chi connectivity index (χ1) is 9.63. The average molecular weight is 296 g/mol. The number of amides is 1. The lowest BCUT2D eigenvalue weighted by molar-refractivity contribution is 0.0942. The van der Waals surface area contributed by atoms with Crippen molar-refractivity contribution >= 4 is 17.5 Å². The molecule has 0 atom stereocenters. The maximum atomic E-state index is 12.1. The van der Waals surface area contributed by atoms with Gasteiger partial charge in [0.05, 0.1) is 11.2 Å². The molecule has 2 heterocycles. The topological polar surface area (TPSA) is 64.7 Å². The standard InChI is InChI=1S/C13H18ClN5O/c1-3-18-12(11(14)9-17-18)13(20)15-6-4-8-19-10(2)5-7-16-19/h5,7,9H,3-4,6,8H2,1-2H3,(H,15,20). The van der Waals surface area contributed by atoms with Crippen LogP contribution in [0, 0.1) is 6.92 Å². The van der Waals surface area contributed by atoms with E-state index >= 15 is 0 Å². The Kier molecular flexibility index (Phi) is 4.79. The highest BCUT2D eigenvalue weighted by atomic mass is 35.5. The highest BCUT2D eigenvalue weighted by molar-refractivity contribution is 6.33. The largest absolute Gasteiger partial charge is 0.351 e. The van der Waals surface area contributed by atoms with Crippen molar-refractivity contribution in [3.05, 3.63) is 34.9 Å². The van der Waals surface area contributed by atoms with E-state index in [9.17, 15) is 4.79 Å². The molecule has 0 aromatic carbocycles. The van der Waals surface area contributed by atoms with Crippen LogP contribution < -0.4 is 5.32 Å². The molecular formula is C13H18ClN5O. The minimum absolute atomic E-state index is 0.188. The van der Waals surface area contributed by atoms with Crippen molar-refractivity contribution in [3.63, 3.8) is 0 Å². The van der Waals surface area contributed by atoms with Crippen LogP contribution in [0.1, 0.15) is 29.5 Å². The van der Waals surface area contributed by atoms with E-state index in [4.69, 9.17) is 11.6 Å². The molecular weight excluding hydrogens is 278 g/mol. The maximum absolute atomic E-state index is 12.1. The molecule has 2 aromatic heterocycles. The zero-order chi connectivity index (χ0) is 14.5. The Balaban J connectivity index is 1.83. The summed E-state index contributed by atoms with van der Waals surface area (Å²) in [5.74, 6) is -0.188. The highest BCUT2D eigenvalue weighted by Crippen LogP contribution is 2.14. The first kappa shape index (κ1) is 14.6. The number of nitrogens with one attached hydrogen (secondary N) is 1. The lowest BCUT2D eigenvalue weighted by atomic mass is 10.3. The Morgan fingerprint density at radius 3 is 2.85 bits per heavy atom. The van der Waals surface area contributed by atoms with Gasteiger partial charge in [0.2, 0.25) is 0 Å². The molecule has 2 rings (SSSR count). The average Bonchev–Trinajstić information content (AvgIpc) is 3.00. The Bertz CT molecular complexity index is 589. The summed E-state index contributed by atoms with van der Waals surface area (Å²) in [7, 11) is 0. The first-order valence-electron chi connectivity index (χ1n) is 6.61. The molecule has 0 unspecified atom stereocenters. The molecule has 0 saturated carbocycles. The Labute approximate surface area is 122 Å². The molecule has 20 heavy (non-hydrogen) atoms. The predicted octanol–water partition coefficient (Wildman–Crippen LogP) is 1.88. The number of aromatic nitrogens is 4. The number of hydrogen-bond acceptors (Lipinski definition) is 3. The molecule has 1 amide bonds. The Morgan fingerprint density at radius 1 is 1.40 bits per heavy atom. The molecule has 0 fully saturated rings. The van der Waals surface area contributed by atoms with Crippen molar-refractivity contribution in [2.24, 2.45) is 0 Å². The van der Waals surface area contributed by atoms with Gasteiger partial charge in [0.25, 0.3) is 5.91 Å². The van der Waals surface area contributed by atoms with Gasteiger partial charge in [-0.15, -0.1) is 0 Å². The maximum Gasteiger partial charge on any atom is 0.271 e. The van der Waals surface area contributed by atoms with Gasteiger partial charge in [-0.2, -0.15) is 10.2 Å². The second kappa shape index (κ2) is 6.56. The monoisotopic (exact) mass is 295 g/mol. The second-order valence-electron chi connectivity index (χ2n) is 4.46. The van der Waals surface area contributed by atoms with Gasteiger partial charge in [-0.3, -0.25) is 14.2 Å². The van der Waals surface area contributed by atoms with E-state index in [1.807, 2.05) is 24.6 Å². The van der Waals surface area contributed by atoms with Gasteiger partial charge in [0, 0.05) is 31.5 Å². The van der Waals surface area contributed by atoms with E-state index in [-0.39, 0.29) is 5.91 Å².